The number of hydrogen-bond donors (Lipinski definition) is 1. The average Bonchev–Trinajstić information content (AvgIpc) is 2.92. The second-order valence-electron chi connectivity index (χ2n) is 5.66. The van der Waals surface area contributed by atoms with Crippen LogP contribution < -0.4 is 14.8 Å². The van der Waals surface area contributed by atoms with Crippen LogP contribution >= 0.6 is 0 Å². The van der Waals surface area contributed by atoms with Gasteiger partial charge in [0.2, 0.25) is 0 Å². The third-order valence-electron chi connectivity index (χ3n) is 3.74. The molecule has 2 aromatic rings. The van der Waals surface area contributed by atoms with Crippen LogP contribution in [0.1, 0.15) is 15.9 Å². The molecule has 0 aromatic heterocycles. The molecule has 146 valence electrons. The summed E-state index contributed by atoms with van der Waals surface area (Å²) in [7, 11) is 0. The molecule has 1 aliphatic heterocycles. The summed E-state index contributed by atoms with van der Waals surface area (Å²) >= 11 is 0. The number of nitro groups is 1. The van der Waals surface area contributed by atoms with Gasteiger partial charge in [-0.15, -0.1) is 8.78 Å². The standard InChI is InChI=1S/C17H12F2N2O7/c1-9-11(3-2-4-12(9)21(24)25)16(23)26-8-15(22)20-10-5-6-13-14(7-10)28-17(18,19)27-13/h2-7H,8H2,1H3,(H,20,22). The summed E-state index contributed by atoms with van der Waals surface area (Å²) in [5.74, 6) is -2.11. The van der Waals surface area contributed by atoms with Gasteiger partial charge in [0.05, 0.1) is 10.5 Å². The molecule has 28 heavy (non-hydrogen) atoms. The first-order valence-corrected chi connectivity index (χ1v) is 7.77. The van der Waals surface area contributed by atoms with Gasteiger partial charge >= 0.3 is 12.3 Å². The number of amides is 1. The second kappa shape index (κ2) is 7.10. The maximum absolute atomic E-state index is 13.0. The summed E-state index contributed by atoms with van der Waals surface area (Å²) in [5.41, 5.74) is -0.0781. The number of rotatable bonds is 5. The Kier molecular flexibility index (Phi) is 4.82. The molecule has 1 amide bonds. The SMILES string of the molecule is Cc1c(C(=O)OCC(=O)Nc2ccc3c(c2)OC(F)(F)O3)cccc1[N+](=O)[O-]. The third-order valence-corrected chi connectivity index (χ3v) is 3.74. The Labute approximate surface area is 156 Å². The summed E-state index contributed by atoms with van der Waals surface area (Å²) in [6.07, 6.45) is -3.78. The molecule has 0 radical (unpaired) electrons. The van der Waals surface area contributed by atoms with Crippen LogP contribution in [-0.2, 0) is 9.53 Å². The first-order valence-electron chi connectivity index (χ1n) is 7.77. The number of esters is 1. The van der Waals surface area contributed by atoms with E-state index in [1.165, 1.54) is 37.3 Å². The van der Waals surface area contributed by atoms with Gasteiger partial charge in [0.15, 0.2) is 18.1 Å². The minimum Gasteiger partial charge on any atom is -0.452 e. The Morgan fingerprint density at radius 1 is 1.21 bits per heavy atom. The van der Waals surface area contributed by atoms with Crippen LogP contribution in [0, 0.1) is 17.0 Å². The third kappa shape index (κ3) is 3.98. The Bertz CT molecular complexity index is 978. The molecule has 0 atom stereocenters. The number of nitrogens with zero attached hydrogens (tertiary/aromatic N) is 1. The average molecular weight is 394 g/mol. The topological polar surface area (TPSA) is 117 Å². The molecule has 11 heteroatoms. The van der Waals surface area contributed by atoms with E-state index in [9.17, 15) is 28.5 Å². The number of carbonyl (C=O) groups excluding carboxylic acids is 2. The highest BCUT2D eigenvalue weighted by atomic mass is 19.3. The molecule has 9 nitrogen and oxygen atoms in total. The van der Waals surface area contributed by atoms with Crippen molar-refractivity contribution in [2.75, 3.05) is 11.9 Å². The van der Waals surface area contributed by atoms with Crippen LogP contribution in [0.25, 0.3) is 0 Å². The lowest BCUT2D eigenvalue weighted by Crippen LogP contribution is -2.25. The Hall–Kier alpha value is -3.76. The number of carbonyl (C=O) groups is 2. The lowest BCUT2D eigenvalue weighted by Gasteiger charge is -2.08. The zero-order chi connectivity index (χ0) is 20.5. The van der Waals surface area contributed by atoms with Gasteiger partial charge in [0, 0.05) is 23.4 Å². The van der Waals surface area contributed by atoms with Crippen LogP contribution in [0.3, 0.4) is 0 Å². The second-order valence-corrected chi connectivity index (χ2v) is 5.66. The summed E-state index contributed by atoms with van der Waals surface area (Å²) in [5, 5.41) is 13.3. The fourth-order valence-corrected chi connectivity index (χ4v) is 2.48. The number of nitro benzene ring substituents is 1. The lowest BCUT2D eigenvalue weighted by molar-refractivity contribution is -0.385. The van der Waals surface area contributed by atoms with Gasteiger partial charge in [-0.05, 0) is 25.1 Å². The van der Waals surface area contributed by atoms with Gasteiger partial charge in [-0.1, -0.05) is 6.07 Å². The molecule has 0 spiro atoms. The number of anilines is 1. The van der Waals surface area contributed by atoms with Crippen LogP contribution in [0.2, 0.25) is 0 Å². The Balaban J connectivity index is 1.60. The van der Waals surface area contributed by atoms with Gasteiger partial charge in [-0.3, -0.25) is 14.9 Å². The first kappa shape index (κ1) is 19.0. The van der Waals surface area contributed by atoms with Crippen molar-refractivity contribution in [3.05, 3.63) is 57.6 Å². The Morgan fingerprint density at radius 3 is 2.64 bits per heavy atom. The number of halogens is 2. The maximum atomic E-state index is 13.0. The maximum Gasteiger partial charge on any atom is 0.586 e. The van der Waals surface area contributed by atoms with Crippen LogP contribution in [0.4, 0.5) is 20.2 Å². The molecule has 2 aromatic carbocycles. The summed E-state index contributed by atoms with van der Waals surface area (Å²) in [6, 6.07) is 7.51. The van der Waals surface area contributed by atoms with Gasteiger partial charge in [-0.25, -0.2) is 4.79 Å². The molecule has 0 aliphatic carbocycles. The molecule has 1 aliphatic rings. The van der Waals surface area contributed by atoms with Gasteiger partial charge in [0.25, 0.3) is 11.6 Å². The lowest BCUT2D eigenvalue weighted by atomic mass is 10.1. The molecule has 0 saturated carbocycles. The molecular weight excluding hydrogens is 382 g/mol. The van der Waals surface area contributed by atoms with Crippen molar-refractivity contribution in [2.24, 2.45) is 0 Å². The zero-order valence-electron chi connectivity index (χ0n) is 14.2. The van der Waals surface area contributed by atoms with E-state index in [0.29, 0.717) is 0 Å². The van der Waals surface area contributed by atoms with E-state index < -0.39 is 29.7 Å². The molecule has 1 N–H and O–H groups in total. The van der Waals surface area contributed by atoms with E-state index in [-0.39, 0.29) is 34.0 Å². The smallest absolute Gasteiger partial charge is 0.452 e. The fraction of sp³-hybridized carbons (Fsp3) is 0.176. The molecule has 1 heterocycles. The van der Waals surface area contributed by atoms with Crippen molar-refractivity contribution in [3.63, 3.8) is 0 Å². The van der Waals surface area contributed by atoms with E-state index >= 15 is 0 Å². The fourth-order valence-electron chi connectivity index (χ4n) is 2.48. The highest BCUT2D eigenvalue weighted by Gasteiger charge is 2.43. The van der Waals surface area contributed by atoms with Crippen molar-refractivity contribution >= 4 is 23.3 Å². The number of hydrogen-bond acceptors (Lipinski definition) is 7. The van der Waals surface area contributed by atoms with Crippen LogP contribution in [0.5, 0.6) is 11.5 Å². The highest BCUT2D eigenvalue weighted by Crippen LogP contribution is 2.42. The molecular formula is C17H12F2N2O7. The molecule has 0 saturated heterocycles. The van der Waals surface area contributed by atoms with E-state index in [2.05, 4.69) is 14.8 Å². The van der Waals surface area contributed by atoms with Crippen molar-refractivity contribution < 1.29 is 37.5 Å². The van der Waals surface area contributed by atoms with Gasteiger partial charge in [-0.2, -0.15) is 0 Å². The van der Waals surface area contributed by atoms with Crippen molar-refractivity contribution in [2.45, 2.75) is 13.2 Å². The van der Waals surface area contributed by atoms with Crippen LogP contribution in [0.15, 0.2) is 36.4 Å². The van der Waals surface area contributed by atoms with Gasteiger partial charge < -0.3 is 19.5 Å². The summed E-state index contributed by atoms with van der Waals surface area (Å²) < 4.78 is 39.3. The van der Waals surface area contributed by atoms with Crippen molar-refractivity contribution in [1.29, 1.82) is 0 Å². The van der Waals surface area contributed by atoms with E-state index in [1.54, 1.807) is 0 Å². The number of nitrogens with one attached hydrogen (secondary N) is 1. The van der Waals surface area contributed by atoms with Crippen LogP contribution in [-0.4, -0.2) is 29.7 Å². The quantitative estimate of drug-likeness (QED) is 0.471. The monoisotopic (exact) mass is 394 g/mol. The number of ether oxygens (including phenoxy) is 3. The van der Waals surface area contributed by atoms with Crippen molar-refractivity contribution in [1.82, 2.24) is 0 Å². The molecule has 0 fully saturated rings. The van der Waals surface area contributed by atoms with E-state index in [1.807, 2.05) is 0 Å². The number of fused-ring (bicyclic) bond motifs is 1. The predicted molar refractivity (Wildman–Crippen MR) is 89.4 cm³/mol. The largest absolute Gasteiger partial charge is 0.586 e. The summed E-state index contributed by atoms with van der Waals surface area (Å²) in [4.78, 5) is 34.3. The summed E-state index contributed by atoms with van der Waals surface area (Å²) in [6.45, 7) is 0.697. The minimum atomic E-state index is -3.78. The van der Waals surface area contributed by atoms with Crippen molar-refractivity contribution in [3.8, 4) is 11.5 Å². The molecule has 0 bridgehead atoms. The minimum absolute atomic E-state index is 0.0488. The van der Waals surface area contributed by atoms with Gasteiger partial charge in [0.1, 0.15) is 0 Å². The van der Waals surface area contributed by atoms with E-state index in [4.69, 9.17) is 4.74 Å². The zero-order valence-corrected chi connectivity index (χ0v) is 14.2. The number of alkyl halides is 2. The highest BCUT2D eigenvalue weighted by molar-refractivity contribution is 5.96. The number of benzene rings is 2. The van der Waals surface area contributed by atoms with E-state index in [0.717, 1.165) is 6.07 Å². The molecule has 3 rings (SSSR count). The normalized spacial score (nSPS) is 13.7. The molecule has 0 unspecified atom stereocenters. The predicted octanol–water partition coefficient (Wildman–Crippen LogP) is 3.02. The first-order chi connectivity index (χ1) is 13.2. The Morgan fingerprint density at radius 2 is 1.93 bits per heavy atom.